The van der Waals surface area contributed by atoms with E-state index in [2.05, 4.69) is 36.6 Å². The van der Waals surface area contributed by atoms with E-state index in [4.69, 9.17) is 10.6 Å². The maximum absolute atomic E-state index is 5.48. The third kappa shape index (κ3) is 3.25. The standard InChI is InChI=1S/C14H16BrN5O/c1-21-9-4-5-10(15)11(6-9)17-12-7-13(20-16)19-14(18-12)8-2-3-8/h4-8H,2-3,16H2,1H3,(H2,17,18,19,20). The Labute approximate surface area is 131 Å². The van der Waals surface area contributed by atoms with Gasteiger partial charge in [-0.05, 0) is 40.9 Å². The van der Waals surface area contributed by atoms with Crippen molar-refractivity contribution in [2.45, 2.75) is 18.8 Å². The van der Waals surface area contributed by atoms with Gasteiger partial charge in [0.05, 0.1) is 12.8 Å². The van der Waals surface area contributed by atoms with Crippen molar-refractivity contribution in [1.29, 1.82) is 0 Å². The van der Waals surface area contributed by atoms with Gasteiger partial charge in [0.15, 0.2) is 0 Å². The fraction of sp³-hybridized carbons (Fsp3) is 0.286. The average molecular weight is 350 g/mol. The Morgan fingerprint density at radius 1 is 1.24 bits per heavy atom. The molecule has 0 bridgehead atoms. The molecule has 1 aromatic carbocycles. The number of aromatic nitrogens is 2. The number of nitrogens with two attached hydrogens (primary N) is 1. The van der Waals surface area contributed by atoms with E-state index in [9.17, 15) is 0 Å². The molecule has 0 atom stereocenters. The van der Waals surface area contributed by atoms with Crippen LogP contribution in [0.4, 0.5) is 17.3 Å². The molecule has 1 fully saturated rings. The van der Waals surface area contributed by atoms with E-state index < -0.39 is 0 Å². The number of rotatable bonds is 5. The van der Waals surface area contributed by atoms with Crippen LogP contribution < -0.4 is 21.3 Å². The second-order valence-electron chi connectivity index (χ2n) is 4.89. The van der Waals surface area contributed by atoms with Crippen LogP contribution in [0.1, 0.15) is 24.6 Å². The molecule has 1 heterocycles. The van der Waals surface area contributed by atoms with Crippen LogP contribution in [0.3, 0.4) is 0 Å². The SMILES string of the molecule is COc1ccc(Br)c(Nc2cc(NN)nc(C3CC3)n2)c1. The third-order valence-corrected chi connectivity index (χ3v) is 3.96. The summed E-state index contributed by atoms with van der Waals surface area (Å²) in [5.74, 6) is 8.84. The zero-order chi connectivity index (χ0) is 14.8. The predicted octanol–water partition coefficient (Wildman–Crippen LogP) is 3.15. The summed E-state index contributed by atoms with van der Waals surface area (Å²) >= 11 is 3.51. The highest BCUT2D eigenvalue weighted by atomic mass is 79.9. The number of hydrazine groups is 1. The number of hydrogen-bond acceptors (Lipinski definition) is 6. The van der Waals surface area contributed by atoms with Gasteiger partial charge in [0.1, 0.15) is 23.2 Å². The van der Waals surface area contributed by atoms with Crippen molar-refractivity contribution in [1.82, 2.24) is 9.97 Å². The normalized spacial score (nSPS) is 13.9. The summed E-state index contributed by atoms with van der Waals surface area (Å²) in [5.41, 5.74) is 3.46. The monoisotopic (exact) mass is 349 g/mol. The largest absolute Gasteiger partial charge is 0.497 e. The zero-order valence-corrected chi connectivity index (χ0v) is 13.1. The molecule has 0 amide bonds. The van der Waals surface area contributed by atoms with Crippen molar-refractivity contribution in [3.8, 4) is 5.75 Å². The summed E-state index contributed by atoms with van der Waals surface area (Å²) in [6.45, 7) is 0. The molecular formula is C14H16BrN5O. The summed E-state index contributed by atoms with van der Waals surface area (Å²) in [6.07, 6.45) is 2.27. The molecule has 0 aliphatic heterocycles. The minimum Gasteiger partial charge on any atom is -0.497 e. The van der Waals surface area contributed by atoms with Crippen molar-refractivity contribution < 1.29 is 4.74 Å². The van der Waals surface area contributed by atoms with Crippen molar-refractivity contribution in [2.75, 3.05) is 17.9 Å². The maximum atomic E-state index is 5.48. The quantitative estimate of drug-likeness (QED) is 0.567. The predicted molar refractivity (Wildman–Crippen MR) is 85.8 cm³/mol. The zero-order valence-electron chi connectivity index (χ0n) is 11.6. The molecule has 1 aromatic heterocycles. The van der Waals surface area contributed by atoms with Gasteiger partial charge in [-0.25, -0.2) is 15.8 Å². The van der Waals surface area contributed by atoms with Crippen LogP contribution in [0.5, 0.6) is 5.75 Å². The summed E-state index contributed by atoms with van der Waals surface area (Å²) < 4.78 is 6.17. The minimum absolute atomic E-state index is 0.451. The highest BCUT2D eigenvalue weighted by molar-refractivity contribution is 9.10. The molecule has 7 heteroatoms. The number of halogens is 1. The number of hydrogen-bond donors (Lipinski definition) is 3. The Kier molecular flexibility index (Phi) is 3.94. The van der Waals surface area contributed by atoms with E-state index in [1.165, 1.54) is 0 Å². The molecule has 6 nitrogen and oxygen atoms in total. The third-order valence-electron chi connectivity index (χ3n) is 3.27. The molecule has 2 aromatic rings. The number of nitrogens with one attached hydrogen (secondary N) is 2. The van der Waals surface area contributed by atoms with Crippen LogP contribution in [-0.4, -0.2) is 17.1 Å². The van der Waals surface area contributed by atoms with Gasteiger partial charge < -0.3 is 15.5 Å². The first-order chi connectivity index (χ1) is 10.2. The first-order valence-corrected chi connectivity index (χ1v) is 7.45. The van der Waals surface area contributed by atoms with Crippen molar-refractivity contribution in [3.05, 3.63) is 34.6 Å². The fourth-order valence-electron chi connectivity index (χ4n) is 1.99. The van der Waals surface area contributed by atoms with E-state index in [1.807, 2.05) is 18.2 Å². The Morgan fingerprint density at radius 2 is 2.00 bits per heavy atom. The van der Waals surface area contributed by atoms with Gasteiger partial charge in [-0.1, -0.05) is 0 Å². The van der Waals surface area contributed by atoms with Crippen LogP contribution in [0.2, 0.25) is 0 Å². The van der Waals surface area contributed by atoms with Gasteiger partial charge in [0, 0.05) is 22.5 Å². The Morgan fingerprint density at radius 3 is 2.67 bits per heavy atom. The van der Waals surface area contributed by atoms with Gasteiger partial charge in [0.25, 0.3) is 0 Å². The smallest absolute Gasteiger partial charge is 0.145 e. The molecule has 0 spiro atoms. The molecule has 0 radical (unpaired) electrons. The van der Waals surface area contributed by atoms with Crippen LogP contribution >= 0.6 is 15.9 Å². The summed E-state index contributed by atoms with van der Waals surface area (Å²) in [4.78, 5) is 8.94. The van der Waals surface area contributed by atoms with Crippen LogP contribution in [0, 0.1) is 0 Å². The van der Waals surface area contributed by atoms with Gasteiger partial charge in [0.2, 0.25) is 0 Å². The molecule has 21 heavy (non-hydrogen) atoms. The van der Waals surface area contributed by atoms with Gasteiger partial charge in [-0.2, -0.15) is 0 Å². The van der Waals surface area contributed by atoms with Crippen molar-refractivity contribution in [3.63, 3.8) is 0 Å². The second-order valence-corrected chi connectivity index (χ2v) is 5.74. The average Bonchev–Trinajstić information content (AvgIpc) is 3.34. The minimum atomic E-state index is 0.451. The Balaban J connectivity index is 1.91. The number of nitrogen functional groups attached to an aromatic ring is 1. The molecule has 110 valence electrons. The number of anilines is 3. The number of ether oxygens (including phenoxy) is 1. The number of methoxy groups -OCH3 is 1. The lowest BCUT2D eigenvalue weighted by Gasteiger charge is -2.12. The molecule has 4 N–H and O–H groups in total. The number of nitrogens with zero attached hydrogens (tertiary/aromatic N) is 2. The lowest BCUT2D eigenvalue weighted by atomic mass is 10.3. The molecule has 3 rings (SSSR count). The van der Waals surface area contributed by atoms with Crippen molar-refractivity contribution in [2.24, 2.45) is 5.84 Å². The van der Waals surface area contributed by atoms with E-state index >= 15 is 0 Å². The second kappa shape index (κ2) is 5.87. The van der Waals surface area contributed by atoms with Crippen LogP contribution in [0.15, 0.2) is 28.7 Å². The number of benzene rings is 1. The first kappa shape index (κ1) is 14.1. The highest BCUT2D eigenvalue weighted by Gasteiger charge is 2.27. The molecule has 1 aliphatic rings. The van der Waals surface area contributed by atoms with Gasteiger partial charge in [-0.15, -0.1) is 0 Å². The topological polar surface area (TPSA) is 85.1 Å². The Bertz CT molecular complexity index is 660. The summed E-state index contributed by atoms with van der Waals surface area (Å²) in [6, 6.07) is 7.49. The fourth-order valence-corrected chi connectivity index (χ4v) is 2.34. The van der Waals surface area contributed by atoms with Crippen LogP contribution in [0.25, 0.3) is 0 Å². The maximum Gasteiger partial charge on any atom is 0.145 e. The van der Waals surface area contributed by atoms with Crippen molar-refractivity contribution >= 4 is 33.3 Å². The molecular weight excluding hydrogens is 334 g/mol. The molecule has 0 unspecified atom stereocenters. The molecule has 0 saturated heterocycles. The van der Waals surface area contributed by atoms with Crippen LogP contribution in [-0.2, 0) is 0 Å². The van der Waals surface area contributed by atoms with E-state index in [-0.39, 0.29) is 0 Å². The summed E-state index contributed by atoms with van der Waals surface area (Å²) in [7, 11) is 1.64. The highest BCUT2D eigenvalue weighted by Crippen LogP contribution is 2.39. The van der Waals surface area contributed by atoms with E-state index in [1.54, 1.807) is 13.2 Å². The van der Waals surface area contributed by atoms with Gasteiger partial charge in [-0.3, -0.25) is 0 Å². The first-order valence-electron chi connectivity index (χ1n) is 6.66. The lowest BCUT2D eigenvalue weighted by Crippen LogP contribution is -2.11. The van der Waals surface area contributed by atoms with E-state index in [0.29, 0.717) is 17.6 Å². The molecule has 1 saturated carbocycles. The van der Waals surface area contributed by atoms with E-state index in [0.717, 1.165) is 34.6 Å². The lowest BCUT2D eigenvalue weighted by molar-refractivity contribution is 0.415. The Hall–Kier alpha value is -1.86. The summed E-state index contributed by atoms with van der Waals surface area (Å²) in [5, 5.41) is 3.27. The molecule has 1 aliphatic carbocycles. The van der Waals surface area contributed by atoms with Gasteiger partial charge >= 0.3 is 0 Å².